The first-order valence-electron chi connectivity index (χ1n) is 22.8. The molecular weight excluding hydrogens is 810 g/mol. The lowest BCUT2D eigenvalue weighted by molar-refractivity contribution is -0.142. The highest BCUT2D eigenvalue weighted by Gasteiger charge is 2.21. The van der Waals surface area contributed by atoms with Gasteiger partial charge in [-0.2, -0.15) is 0 Å². The number of carbonyl (C=O) groups excluding carboxylic acids is 4. The molecule has 0 saturated carbocycles. The maximum atomic E-state index is 12.3. The number of ether oxygens (including phenoxy) is 4. The van der Waals surface area contributed by atoms with Crippen LogP contribution in [0.4, 0.5) is 0 Å². The van der Waals surface area contributed by atoms with E-state index < -0.39 is 30.0 Å². The van der Waals surface area contributed by atoms with Gasteiger partial charge in [-0.1, -0.05) is 89.9 Å². The molecule has 9 N–H and O–H groups in total. The maximum absolute atomic E-state index is 12.3. The van der Waals surface area contributed by atoms with Crippen LogP contribution in [0.15, 0.2) is 0 Å². The van der Waals surface area contributed by atoms with Crippen LogP contribution in [0.2, 0.25) is 0 Å². The Morgan fingerprint density at radius 1 is 0.403 bits per heavy atom. The molecule has 4 amide bonds. The largest absolute Gasteiger partial charge is 0.481 e. The molecule has 0 spiro atoms. The SMILES string of the molecule is N[C@@H](CCCCNC(=O)COCCOCCNC(=O)COCCOCCNC(=O)CCC(NC(=O)CCCCCCCCCCCCCCCCCCC(=O)O)C(=O)O)C(=O)O. The van der Waals surface area contributed by atoms with Crippen molar-refractivity contribution >= 4 is 41.5 Å². The van der Waals surface area contributed by atoms with Crippen LogP contribution >= 0.6 is 0 Å². The molecule has 0 aliphatic rings. The van der Waals surface area contributed by atoms with Crippen LogP contribution < -0.4 is 27.0 Å². The lowest BCUT2D eigenvalue weighted by Crippen LogP contribution is -2.41. The van der Waals surface area contributed by atoms with Crippen LogP contribution in [0.25, 0.3) is 0 Å². The Labute approximate surface area is 368 Å². The van der Waals surface area contributed by atoms with Gasteiger partial charge < -0.3 is 61.3 Å². The van der Waals surface area contributed by atoms with Crippen LogP contribution in [0.3, 0.4) is 0 Å². The third kappa shape index (κ3) is 41.4. The maximum Gasteiger partial charge on any atom is 0.326 e. The number of aliphatic carboxylic acids is 3. The Balaban J connectivity index is 3.63. The average Bonchev–Trinajstić information content (AvgIpc) is 3.23. The van der Waals surface area contributed by atoms with Crippen molar-refractivity contribution in [3.05, 3.63) is 0 Å². The number of amides is 4. The van der Waals surface area contributed by atoms with Gasteiger partial charge in [0.2, 0.25) is 23.6 Å². The minimum Gasteiger partial charge on any atom is -0.481 e. The summed E-state index contributed by atoms with van der Waals surface area (Å²) in [5, 5.41) is 37.4. The van der Waals surface area contributed by atoms with Gasteiger partial charge in [-0.25, -0.2) is 4.79 Å². The first-order valence-corrected chi connectivity index (χ1v) is 22.8. The van der Waals surface area contributed by atoms with Gasteiger partial charge in [-0.15, -0.1) is 0 Å². The van der Waals surface area contributed by atoms with Crippen molar-refractivity contribution in [2.45, 2.75) is 160 Å². The predicted octanol–water partition coefficient (Wildman–Crippen LogP) is 3.44. The van der Waals surface area contributed by atoms with Gasteiger partial charge in [0.15, 0.2) is 0 Å². The summed E-state index contributed by atoms with van der Waals surface area (Å²) in [6.45, 7) is 1.79. The van der Waals surface area contributed by atoms with E-state index in [4.69, 9.17) is 34.9 Å². The van der Waals surface area contributed by atoms with Gasteiger partial charge in [0.25, 0.3) is 0 Å². The van der Waals surface area contributed by atoms with Crippen molar-refractivity contribution in [3.63, 3.8) is 0 Å². The first-order chi connectivity index (χ1) is 29.9. The molecule has 19 heteroatoms. The van der Waals surface area contributed by atoms with Gasteiger partial charge >= 0.3 is 17.9 Å². The van der Waals surface area contributed by atoms with Crippen molar-refractivity contribution in [1.82, 2.24) is 21.3 Å². The summed E-state index contributed by atoms with van der Waals surface area (Å²) in [5.74, 6) is -4.24. The summed E-state index contributed by atoms with van der Waals surface area (Å²) in [7, 11) is 0. The van der Waals surface area contributed by atoms with Crippen LogP contribution in [0.1, 0.15) is 148 Å². The van der Waals surface area contributed by atoms with E-state index in [0.29, 0.717) is 32.2 Å². The van der Waals surface area contributed by atoms with Crippen LogP contribution in [-0.2, 0) is 52.5 Å². The van der Waals surface area contributed by atoms with E-state index in [2.05, 4.69) is 21.3 Å². The third-order valence-corrected chi connectivity index (χ3v) is 9.77. The molecule has 0 aliphatic heterocycles. The van der Waals surface area contributed by atoms with E-state index in [0.717, 1.165) is 38.5 Å². The van der Waals surface area contributed by atoms with Gasteiger partial charge in [0.05, 0.1) is 39.6 Å². The Hall–Kier alpha value is -3.91. The van der Waals surface area contributed by atoms with Crippen LogP contribution in [0.5, 0.6) is 0 Å². The molecule has 360 valence electrons. The van der Waals surface area contributed by atoms with Crippen molar-refractivity contribution in [2.75, 3.05) is 72.5 Å². The van der Waals surface area contributed by atoms with E-state index in [1.54, 1.807) is 0 Å². The van der Waals surface area contributed by atoms with Gasteiger partial charge in [0, 0.05) is 38.9 Å². The molecule has 1 unspecified atom stereocenters. The third-order valence-electron chi connectivity index (χ3n) is 9.77. The summed E-state index contributed by atoms with van der Waals surface area (Å²) in [6, 6.07) is -2.04. The molecule has 0 fully saturated rings. The van der Waals surface area contributed by atoms with Crippen molar-refractivity contribution in [2.24, 2.45) is 5.73 Å². The molecule has 0 bridgehead atoms. The van der Waals surface area contributed by atoms with Crippen LogP contribution in [0, 0.1) is 0 Å². The molecule has 0 aromatic rings. The highest BCUT2D eigenvalue weighted by molar-refractivity contribution is 5.84. The summed E-state index contributed by atoms with van der Waals surface area (Å²) in [6.07, 6.45) is 19.8. The average molecular weight is 890 g/mol. The zero-order valence-electron chi connectivity index (χ0n) is 37.1. The summed E-state index contributed by atoms with van der Waals surface area (Å²) in [4.78, 5) is 81.0. The number of unbranched alkanes of at least 4 members (excludes halogenated alkanes) is 16. The molecule has 0 radical (unpaired) electrons. The number of nitrogens with two attached hydrogens (primary N) is 1. The molecule has 19 nitrogen and oxygen atoms in total. The minimum absolute atomic E-state index is 0.0285. The number of carboxylic acids is 3. The summed E-state index contributed by atoms with van der Waals surface area (Å²) in [5.41, 5.74) is 5.42. The molecule has 62 heavy (non-hydrogen) atoms. The van der Waals surface area contributed by atoms with E-state index in [1.165, 1.54) is 57.8 Å². The number of hydrogen-bond acceptors (Lipinski definition) is 12. The Morgan fingerprint density at radius 3 is 1.27 bits per heavy atom. The summed E-state index contributed by atoms with van der Waals surface area (Å²) >= 11 is 0. The van der Waals surface area contributed by atoms with Crippen molar-refractivity contribution in [1.29, 1.82) is 0 Å². The van der Waals surface area contributed by atoms with E-state index in [-0.39, 0.29) is 115 Å². The molecule has 0 aromatic heterocycles. The molecular formula is C43H79N5O14. The lowest BCUT2D eigenvalue weighted by atomic mass is 10.0. The number of rotatable bonds is 46. The molecule has 2 atom stereocenters. The van der Waals surface area contributed by atoms with E-state index in [9.17, 15) is 38.7 Å². The number of nitrogens with one attached hydrogen (secondary N) is 4. The molecule has 0 saturated heterocycles. The van der Waals surface area contributed by atoms with Crippen LogP contribution in [-0.4, -0.2) is 141 Å². The fraction of sp³-hybridized carbons (Fsp3) is 0.837. The second-order valence-corrected chi connectivity index (χ2v) is 15.4. The van der Waals surface area contributed by atoms with E-state index >= 15 is 0 Å². The first kappa shape index (κ1) is 58.1. The quantitative estimate of drug-likeness (QED) is 0.0406. The second kappa shape index (κ2) is 42.4. The molecule has 0 aromatic carbocycles. The Kier molecular flexibility index (Phi) is 39.7. The highest BCUT2D eigenvalue weighted by atomic mass is 16.5. The highest BCUT2D eigenvalue weighted by Crippen LogP contribution is 2.14. The molecule has 0 aliphatic carbocycles. The van der Waals surface area contributed by atoms with Crippen molar-refractivity contribution in [3.8, 4) is 0 Å². The minimum atomic E-state index is -1.18. The van der Waals surface area contributed by atoms with E-state index in [1.807, 2.05) is 0 Å². The Bertz CT molecular complexity index is 1210. The fourth-order valence-electron chi connectivity index (χ4n) is 6.16. The summed E-state index contributed by atoms with van der Waals surface area (Å²) < 4.78 is 21.2. The predicted molar refractivity (Wildman–Crippen MR) is 231 cm³/mol. The molecule has 0 rings (SSSR count). The lowest BCUT2D eigenvalue weighted by Gasteiger charge is -2.14. The van der Waals surface area contributed by atoms with Gasteiger partial charge in [-0.3, -0.25) is 28.8 Å². The van der Waals surface area contributed by atoms with Crippen molar-refractivity contribution < 1.29 is 67.8 Å². The topological polar surface area (TPSA) is 291 Å². The number of carbonyl (C=O) groups is 7. The van der Waals surface area contributed by atoms with Gasteiger partial charge in [0.1, 0.15) is 25.3 Å². The fourth-order valence-corrected chi connectivity index (χ4v) is 6.16. The normalized spacial score (nSPS) is 12.0. The van der Waals surface area contributed by atoms with Gasteiger partial charge in [-0.05, 0) is 38.5 Å². The Morgan fingerprint density at radius 2 is 0.823 bits per heavy atom. The second-order valence-electron chi connectivity index (χ2n) is 15.4. The monoisotopic (exact) mass is 890 g/mol. The smallest absolute Gasteiger partial charge is 0.326 e. The molecule has 0 heterocycles. The number of hydrogen-bond donors (Lipinski definition) is 8. The zero-order valence-corrected chi connectivity index (χ0v) is 37.1. The zero-order chi connectivity index (χ0) is 45.9. The standard InChI is InChI=1S/C43H79N5O14/c44-35(42(55)56)19-17-18-24-45-39(51)33-61-31-30-60-28-26-47-40(52)34-62-32-29-59-27-25-46-37(49)23-22-36(43(57)58)48-38(50)20-15-13-11-9-7-5-3-1-2-4-6-8-10-12-14-16-21-41(53)54/h35-36H,1-34,44H2,(H,45,51)(H,46,49)(H,47,52)(H,48,50)(H,53,54)(H,55,56)(H,57,58)/t35-,36?/m0/s1. The number of carboxylic acid groups (broad SMARTS) is 3.